The summed E-state index contributed by atoms with van der Waals surface area (Å²) in [4.78, 5) is 43.4. The van der Waals surface area contributed by atoms with E-state index in [-0.39, 0.29) is 0 Å². The first kappa shape index (κ1) is 30.3. The SMILES string of the molecule is CC(=O)O[Si](OC(C)=O)(OC(C)=O)OC(C)=O.CCO[Si](OCC)(OCC)OCC. The molecule has 0 saturated carbocycles. The summed E-state index contributed by atoms with van der Waals surface area (Å²) in [5, 5.41) is 0. The molecule has 0 bridgehead atoms. The van der Waals surface area contributed by atoms with E-state index in [0.29, 0.717) is 26.4 Å². The van der Waals surface area contributed by atoms with Crippen molar-refractivity contribution in [2.24, 2.45) is 0 Å². The van der Waals surface area contributed by atoms with E-state index < -0.39 is 42.0 Å². The summed E-state index contributed by atoms with van der Waals surface area (Å²) >= 11 is 0. The van der Waals surface area contributed by atoms with Crippen molar-refractivity contribution in [2.75, 3.05) is 26.4 Å². The monoisotopic (exact) mass is 472 g/mol. The molecule has 176 valence electrons. The largest absolute Gasteiger partial charge is 0.974 e. The van der Waals surface area contributed by atoms with Gasteiger partial charge in [-0.15, -0.1) is 0 Å². The van der Waals surface area contributed by atoms with Gasteiger partial charge in [0.25, 0.3) is 23.9 Å². The minimum atomic E-state index is -4.45. The van der Waals surface area contributed by atoms with Crippen molar-refractivity contribution in [2.45, 2.75) is 55.4 Å². The van der Waals surface area contributed by atoms with Gasteiger partial charge >= 0.3 is 18.1 Å². The number of hydrogen-bond acceptors (Lipinski definition) is 12. The van der Waals surface area contributed by atoms with Crippen LogP contribution < -0.4 is 0 Å². The number of hydrogen-bond donors (Lipinski definition) is 0. The molecule has 30 heavy (non-hydrogen) atoms. The summed E-state index contributed by atoms with van der Waals surface area (Å²) in [6.07, 6.45) is 0. The predicted octanol–water partition coefficient (Wildman–Crippen LogP) is 1.24. The Morgan fingerprint density at radius 2 is 0.667 bits per heavy atom. The Kier molecular flexibility index (Phi) is 16.1. The number of rotatable bonds is 12. The fourth-order valence-corrected chi connectivity index (χ4v) is 5.36. The molecule has 12 nitrogen and oxygen atoms in total. The van der Waals surface area contributed by atoms with Crippen LogP contribution in [0.25, 0.3) is 0 Å². The molecule has 0 amide bonds. The lowest BCUT2D eigenvalue weighted by molar-refractivity contribution is -0.160. The van der Waals surface area contributed by atoms with Gasteiger partial charge < -0.3 is 35.4 Å². The van der Waals surface area contributed by atoms with Gasteiger partial charge in [0.05, 0.1) is 0 Å². The zero-order chi connectivity index (χ0) is 23.8. The number of carbonyl (C=O) groups is 4. The second-order valence-electron chi connectivity index (χ2n) is 5.11. The highest BCUT2D eigenvalue weighted by Gasteiger charge is 2.61. The highest BCUT2D eigenvalue weighted by atomic mass is 28.4. The standard InChI is InChI=1S/C8H12O8Si.C8H20O4Si/c1-5(9)13-17(14-6(2)10,15-7(3)11)16-8(4)12;1-5-9-13(10-6-2,11-7-3)12-8-4/h1-4H3;5-8H2,1-4H3. The quantitative estimate of drug-likeness (QED) is 0.377. The minimum Gasteiger partial charge on any atom is -0.423 e. The van der Waals surface area contributed by atoms with Crippen LogP contribution in [-0.2, 0) is 54.6 Å². The van der Waals surface area contributed by atoms with Crippen molar-refractivity contribution in [3.05, 3.63) is 0 Å². The lowest BCUT2D eigenvalue weighted by atomic mass is 10.8. The van der Waals surface area contributed by atoms with Crippen LogP contribution in [0.2, 0.25) is 0 Å². The third kappa shape index (κ3) is 14.2. The molecular formula is C16H32O12Si2. The summed E-state index contributed by atoms with van der Waals surface area (Å²) in [6, 6.07) is 0. The number of carbonyl (C=O) groups excluding carboxylic acids is 4. The van der Waals surface area contributed by atoms with Gasteiger partial charge in [-0.2, -0.15) is 0 Å². The predicted molar refractivity (Wildman–Crippen MR) is 105 cm³/mol. The van der Waals surface area contributed by atoms with Gasteiger partial charge in [0.1, 0.15) is 0 Å². The van der Waals surface area contributed by atoms with E-state index >= 15 is 0 Å². The Morgan fingerprint density at radius 3 is 0.800 bits per heavy atom. The van der Waals surface area contributed by atoms with E-state index in [2.05, 4.69) is 17.7 Å². The molecule has 0 unspecified atom stereocenters. The highest BCUT2D eigenvalue weighted by Crippen LogP contribution is 2.14. The zero-order valence-electron chi connectivity index (χ0n) is 18.7. The molecule has 0 aromatic heterocycles. The fraction of sp³-hybridized carbons (Fsp3) is 0.750. The average molecular weight is 473 g/mol. The summed E-state index contributed by atoms with van der Waals surface area (Å²) in [6.45, 7) is 13.7. The first-order chi connectivity index (χ1) is 13.9. The molecule has 0 saturated heterocycles. The second kappa shape index (κ2) is 15.9. The molecule has 0 aromatic rings. The van der Waals surface area contributed by atoms with Crippen LogP contribution >= 0.6 is 0 Å². The van der Waals surface area contributed by atoms with Crippen LogP contribution in [0, 0.1) is 0 Å². The average Bonchev–Trinajstić information content (AvgIpc) is 2.53. The second-order valence-corrected chi connectivity index (χ2v) is 9.08. The third-order valence-electron chi connectivity index (χ3n) is 2.36. The Bertz CT molecular complexity index is 455. The fourth-order valence-electron chi connectivity index (χ4n) is 1.79. The minimum absolute atomic E-state index is 0.548. The molecule has 0 N–H and O–H groups in total. The van der Waals surface area contributed by atoms with Gasteiger partial charge in [-0.1, -0.05) is 0 Å². The molecule has 0 aliphatic heterocycles. The maximum absolute atomic E-state index is 10.8. The van der Waals surface area contributed by atoms with Crippen LogP contribution in [0.4, 0.5) is 0 Å². The summed E-state index contributed by atoms with van der Waals surface area (Å²) in [5.74, 6) is -3.67. The van der Waals surface area contributed by atoms with Gasteiger partial charge in [0.15, 0.2) is 0 Å². The van der Waals surface area contributed by atoms with Crippen LogP contribution in [0.15, 0.2) is 0 Å². The molecule has 0 atom stereocenters. The topological polar surface area (TPSA) is 142 Å². The van der Waals surface area contributed by atoms with E-state index in [0.717, 1.165) is 27.7 Å². The van der Waals surface area contributed by atoms with Crippen molar-refractivity contribution >= 4 is 42.0 Å². The molecule has 14 heteroatoms. The van der Waals surface area contributed by atoms with Crippen molar-refractivity contribution in [1.82, 2.24) is 0 Å². The molecule has 0 fully saturated rings. The third-order valence-corrected chi connectivity index (χ3v) is 7.08. The maximum atomic E-state index is 10.8. The zero-order valence-corrected chi connectivity index (χ0v) is 20.7. The van der Waals surface area contributed by atoms with Crippen molar-refractivity contribution < 1.29 is 54.6 Å². The van der Waals surface area contributed by atoms with Crippen LogP contribution in [0.3, 0.4) is 0 Å². The van der Waals surface area contributed by atoms with Gasteiger partial charge in [0.2, 0.25) is 0 Å². The molecular weight excluding hydrogens is 440 g/mol. The Balaban J connectivity index is 0. The van der Waals surface area contributed by atoms with Gasteiger partial charge in [-0.05, 0) is 27.7 Å². The summed E-state index contributed by atoms with van der Waals surface area (Å²) < 4.78 is 39.9. The summed E-state index contributed by atoms with van der Waals surface area (Å²) in [5.41, 5.74) is 0. The van der Waals surface area contributed by atoms with E-state index in [1.165, 1.54) is 0 Å². The van der Waals surface area contributed by atoms with Crippen LogP contribution in [-0.4, -0.2) is 68.4 Å². The smallest absolute Gasteiger partial charge is 0.423 e. The molecule has 0 aliphatic rings. The first-order valence-electron chi connectivity index (χ1n) is 9.25. The molecule has 0 spiro atoms. The van der Waals surface area contributed by atoms with E-state index in [9.17, 15) is 19.2 Å². The maximum Gasteiger partial charge on any atom is 0.974 e. The molecule has 0 heterocycles. The van der Waals surface area contributed by atoms with Gasteiger partial charge in [-0.3, -0.25) is 19.2 Å². The van der Waals surface area contributed by atoms with E-state index in [1.54, 1.807) is 0 Å². The first-order valence-corrected chi connectivity index (χ1v) is 12.5. The van der Waals surface area contributed by atoms with Gasteiger partial charge in [-0.25, -0.2) is 0 Å². The molecule has 0 aromatic carbocycles. The molecule has 0 rings (SSSR count). The Labute approximate surface area is 179 Å². The van der Waals surface area contributed by atoms with Crippen molar-refractivity contribution in [3.8, 4) is 0 Å². The highest BCUT2D eigenvalue weighted by molar-refractivity contribution is 6.60. The van der Waals surface area contributed by atoms with Crippen LogP contribution in [0.1, 0.15) is 55.4 Å². The lowest BCUT2D eigenvalue weighted by Crippen LogP contribution is -2.53. The van der Waals surface area contributed by atoms with Crippen LogP contribution in [0.5, 0.6) is 0 Å². The Morgan fingerprint density at radius 1 is 0.467 bits per heavy atom. The van der Waals surface area contributed by atoms with Gasteiger partial charge in [0, 0.05) is 54.1 Å². The normalized spacial score (nSPS) is 10.9. The molecule has 0 radical (unpaired) electrons. The van der Waals surface area contributed by atoms with E-state index in [4.69, 9.17) is 17.7 Å². The van der Waals surface area contributed by atoms with Crippen molar-refractivity contribution in [3.63, 3.8) is 0 Å². The van der Waals surface area contributed by atoms with Crippen molar-refractivity contribution in [1.29, 1.82) is 0 Å². The molecule has 0 aliphatic carbocycles. The lowest BCUT2D eigenvalue weighted by Gasteiger charge is -2.26. The Hall–Kier alpha value is -1.85. The summed E-state index contributed by atoms with van der Waals surface area (Å²) in [7, 11) is -7.24. The van der Waals surface area contributed by atoms with E-state index in [1.807, 2.05) is 27.7 Å².